The standard InChI is InChI=1S/C10H18O5.C7H16O.C6H15NO/c1-9(2,3)14-7(11)13-8(12)15-10(4,5)6;1-4-6-7(3)8-5-2;1-3-8-6(2)4-5-7/h1-6H3;7H,4-6H2,1-3H3;6H,3-5,7H2,1-2H3. The molecule has 2 unspecified atom stereocenters. The van der Waals surface area contributed by atoms with E-state index in [1.54, 1.807) is 41.5 Å². The van der Waals surface area contributed by atoms with E-state index in [0.717, 1.165) is 26.2 Å². The lowest BCUT2D eigenvalue weighted by Gasteiger charge is -2.20. The van der Waals surface area contributed by atoms with Gasteiger partial charge in [0.2, 0.25) is 0 Å². The topological polar surface area (TPSA) is 106 Å². The van der Waals surface area contributed by atoms with Gasteiger partial charge in [0.15, 0.2) is 0 Å². The van der Waals surface area contributed by atoms with E-state index >= 15 is 0 Å². The predicted molar refractivity (Wildman–Crippen MR) is 124 cm³/mol. The molecule has 0 saturated carbocycles. The molecule has 0 bridgehead atoms. The number of carbonyl (C=O) groups is 2. The number of ether oxygens (including phenoxy) is 5. The number of hydrogen-bond donors (Lipinski definition) is 1. The molecule has 0 aliphatic carbocycles. The Hall–Kier alpha value is -1.38. The molecule has 0 aliphatic rings. The van der Waals surface area contributed by atoms with E-state index in [0.29, 0.717) is 12.2 Å². The second-order valence-corrected chi connectivity index (χ2v) is 8.93. The van der Waals surface area contributed by atoms with Gasteiger partial charge in [0.1, 0.15) is 11.2 Å². The molecular formula is C23H49NO7. The summed E-state index contributed by atoms with van der Waals surface area (Å²) in [5.41, 5.74) is 3.89. The van der Waals surface area contributed by atoms with Crippen LogP contribution < -0.4 is 5.73 Å². The number of nitrogens with two attached hydrogens (primary N) is 1. The highest BCUT2D eigenvalue weighted by Gasteiger charge is 2.24. The van der Waals surface area contributed by atoms with Crippen LogP contribution in [0.2, 0.25) is 0 Å². The van der Waals surface area contributed by atoms with Crippen LogP contribution in [-0.2, 0) is 23.7 Å². The highest BCUT2D eigenvalue weighted by Crippen LogP contribution is 2.11. The number of carbonyl (C=O) groups excluding carboxylic acids is 2. The fraction of sp³-hybridized carbons (Fsp3) is 0.913. The lowest BCUT2D eigenvalue weighted by Crippen LogP contribution is -2.29. The van der Waals surface area contributed by atoms with Crippen molar-refractivity contribution < 1.29 is 33.3 Å². The average Bonchev–Trinajstić information content (AvgIpc) is 2.53. The van der Waals surface area contributed by atoms with E-state index in [1.807, 2.05) is 20.8 Å². The van der Waals surface area contributed by atoms with E-state index in [1.165, 1.54) is 12.8 Å². The van der Waals surface area contributed by atoms with E-state index in [4.69, 9.17) is 24.7 Å². The Bertz CT molecular complexity index is 390. The van der Waals surface area contributed by atoms with Crippen molar-refractivity contribution in [2.24, 2.45) is 5.73 Å². The minimum atomic E-state index is -1.06. The first kappa shape index (κ1) is 34.2. The van der Waals surface area contributed by atoms with Crippen molar-refractivity contribution in [2.45, 2.75) is 119 Å². The minimum Gasteiger partial charge on any atom is -0.428 e. The molecule has 0 aliphatic heterocycles. The lowest BCUT2D eigenvalue weighted by molar-refractivity contribution is -0.0293. The molecule has 2 atom stereocenters. The zero-order valence-corrected chi connectivity index (χ0v) is 21.8. The molecule has 8 nitrogen and oxygen atoms in total. The van der Waals surface area contributed by atoms with Crippen LogP contribution in [0.3, 0.4) is 0 Å². The fourth-order valence-electron chi connectivity index (χ4n) is 1.99. The first-order valence-corrected chi connectivity index (χ1v) is 11.2. The lowest BCUT2D eigenvalue weighted by atomic mass is 10.2. The zero-order chi connectivity index (χ0) is 25.1. The van der Waals surface area contributed by atoms with Gasteiger partial charge < -0.3 is 29.4 Å². The Morgan fingerprint density at radius 1 is 0.742 bits per heavy atom. The molecular weight excluding hydrogens is 402 g/mol. The third kappa shape index (κ3) is 33.5. The second-order valence-electron chi connectivity index (χ2n) is 8.93. The Kier molecular flexibility index (Phi) is 21.3. The van der Waals surface area contributed by atoms with Crippen molar-refractivity contribution in [1.82, 2.24) is 0 Å². The van der Waals surface area contributed by atoms with Gasteiger partial charge in [-0.05, 0) is 88.6 Å². The minimum absolute atomic E-state index is 0.338. The number of rotatable bonds is 8. The molecule has 0 amide bonds. The van der Waals surface area contributed by atoms with Crippen molar-refractivity contribution in [3.8, 4) is 0 Å². The summed E-state index contributed by atoms with van der Waals surface area (Å²) in [6.07, 6.45) is 2.06. The number of hydrogen-bond acceptors (Lipinski definition) is 8. The molecule has 0 aromatic heterocycles. The summed E-state index contributed by atoms with van der Waals surface area (Å²) in [7, 11) is 0. The quantitative estimate of drug-likeness (QED) is 0.362. The summed E-state index contributed by atoms with van der Waals surface area (Å²) in [6.45, 7) is 22.7. The van der Waals surface area contributed by atoms with Gasteiger partial charge in [-0.2, -0.15) is 0 Å². The van der Waals surface area contributed by atoms with Crippen molar-refractivity contribution in [3.63, 3.8) is 0 Å². The summed E-state index contributed by atoms with van der Waals surface area (Å²) in [6, 6.07) is 0. The molecule has 188 valence electrons. The smallest absolute Gasteiger partial charge is 0.428 e. The molecule has 0 saturated heterocycles. The third-order valence-electron chi connectivity index (χ3n) is 3.12. The molecule has 0 heterocycles. The van der Waals surface area contributed by atoms with Gasteiger partial charge in [0.25, 0.3) is 0 Å². The molecule has 0 radical (unpaired) electrons. The predicted octanol–water partition coefficient (Wildman–Crippen LogP) is 5.84. The van der Waals surface area contributed by atoms with Crippen molar-refractivity contribution >= 4 is 12.3 Å². The Morgan fingerprint density at radius 3 is 1.35 bits per heavy atom. The van der Waals surface area contributed by atoms with E-state index < -0.39 is 23.5 Å². The van der Waals surface area contributed by atoms with Gasteiger partial charge in [-0.1, -0.05) is 13.3 Å². The normalized spacial score (nSPS) is 12.9. The molecule has 0 fully saturated rings. The van der Waals surface area contributed by atoms with E-state index in [2.05, 4.69) is 18.6 Å². The van der Waals surface area contributed by atoms with E-state index in [9.17, 15) is 9.59 Å². The van der Waals surface area contributed by atoms with Gasteiger partial charge in [-0.3, -0.25) is 0 Å². The summed E-state index contributed by atoms with van der Waals surface area (Å²) < 4.78 is 24.3. The van der Waals surface area contributed by atoms with Crippen LogP contribution in [0, 0.1) is 0 Å². The Morgan fingerprint density at radius 2 is 1.10 bits per heavy atom. The van der Waals surface area contributed by atoms with Crippen LogP contribution in [0.15, 0.2) is 0 Å². The largest absolute Gasteiger partial charge is 0.519 e. The van der Waals surface area contributed by atoms with Crippen LogP contribution in [-0.4, -0.2) is 55.5 Å². The first-order chi connectivity index (χ1) is 14.1. The van der Waals surface area contributed by atoms with Crippen molar-refractivity contribution in [1.29, 1.82) is 0 Å². The summed E-state index contributed by atoms with van der Waals surface area (Å²) >= 11 is 0. The zero-order valence-electron chi connectivity index (χ0n) is 21.8. The maximum absolute atomic E-state index is 11.0. The highest BCUT2D eigenvalue weighted by molar-refractivity contribution is 5.77. The Balaban J connectivity index is -0.000000415. The molecule has 0 rings (SSSR count). The second kappa shape index (κ2) is 19.3. The maximum atomic E-state index is 11.0. The van der Waals surface area contributed by atoms with Gasteiger partial charge >= 0.3 is 12.3 Å². The summed E-state index contributed by atoms with van der Waals surface area (Å²) in [5.74, 6) is 0. The van der Waals surface area contributed by atoms with Gasteiger partial charge in [-0.25, -0.2) is 9.59 Å². The fourth-order valence-corrected chi connectivity index (χ4v) is 1.99. The van der Waals surface area contributed by atoms with E-state index in [-0.39, 0.29) is 0 Å². The third-order valence-corrected chi connectivity index (χ3v) is 3.12. The average molecular weight is 452 g/mol. The monoisotopic (exact) mass is 451 g/mol. The van der Waals surface area contributed by atoms with Crippen molar-refractivity contribution in [3.05, 3.63) is 0 Å². The molecule has 0 aromatic rings. The highest BCUT2D eigenvalue weighted by atomic mass is 16.8. The van der Waals surface area contributed by atoms with Crippen LogP contribution in [0.4, 0.5) is 9.59 Å². The molecule has 2 N–H and O–H groups in total. The molecule has 0 aromatic carbocycles. The summed E-state index contributed by atoms with van der Waals surface area (Å²) in [4.78, 5) is 22.0. The molecule has 0 spiro atoms. The summed E-state index contributed by atoms with van der Waals surface area (Å²) in [5, 5.41) is 0. The molecule has 8 heteroatoms. The van der Waals surface area contributed by atoms with Gasteiger partial charge in [0.05, 0.1) is 12.2 Å². The van der Waals surface area contributed by atoms with Gasteiger partial charge in [-0.15, -0.1) is 0 Å². The molecule has 31 heavy (non-hydrogen) atoms. The van der Waals surface area contributed by atoms with Crippen molar-refractivity contribution in [2.75, 3.05) is 19.8 Å². The maximum Gasteiger partial charge on any atom is 0.519 e. The first-order valence-electron chi connectivity index (χ1n) is 11.2. The van der Waals surface area contributed by atoms with Crippen LogP contribution >= 0.6 is 0 Å². The van der Waals surface area contributed by atoms with Crippen LogP contribution in [0.5, 0.6) is 0 Å². The SMILES string of the molecule is CC(C)(C)OC(=O)OC(=O)OC(C)(C)C.CCCC(C)OCC.CCOC(C)CCN. The van der Waals surface area contributed by atoms with Gasteiger partial charge in [0, 0.05) is 13.2 Å². The van der Waals surface area contributed by atoms with Crippen LogP contribution in [0.25, 0.3) is 0 Å². The van der Waals surface area contributed by atoms with Crippen LogP contribution in [0.1, 0.15) is 95.4 Å². The Labute approximate surface area is 190 Å².